The fourth-order valence-electron chi connectivity index (χ4n) is 3.43. The van der Waals surface area contributed by atoms with Gasteiger partial charge in [0, 0.05) is 27.9 Å². The number of benzene rings is 1. The Morgan fingerprint density at radius 3 is 1.97 bits per heavy atom. The van der Waals surface area contributed by atoms with Gasteiger partial charge >= 0.3 is 0 Å². The van der Waals surface area contributed by atoms with Crippen molar-refractivity contribution in [2.75, 3.05) is 41.2 Å². The first-order valence-corrected chi connectivity index (χ1v) is 12.2. The number of unbranched alkanes of at least 4 members (excludes halogenated alkanes) is 1. The summed E-state index contributed by atoms with van der Waals surface area (Å²) in [5, 5.41) is 0. The number of hydrogen-bond acceptors (Lipinski definition) is 4. The summed E-state index contributed by atoms with van der Waals surface area (Å²) in [6, 6.07) is 9.71. The third kappa shape index (κ3) is 18.2. The van der Waals surface area contributed by atoms with Gasteiger partial charge in [-0.05, 0) is 49.1 Å². The van der Waals surface area contributed by atoms with Crippen LogP contribution in [0.15, 0.2) is 30.3 Å². The standard InChI is InChI=1S/C11H22O.C9H12O2.C5H12O.C2H6/c1-8(2)10-6-5-9(3)7-11(10)12-4;1-10-7-8-11-9-5-3-2-4-6-9;1-3-4-5-6-2;1-2/h8-11H,5-7H2,1-4H3;2-6H,7-8H2,1H3;3-5H2,1-2H3;1-2H3. The van der Waals surface area contributed by atoms with E-state index in [1.807, 2.05) is 51.3 Å². The summed E-state index contributed by atoms with van der Waals surface area (Å²) in [5.74, 6) is 3.34. The lowest BCUT2D eigenvalue weighted by Crippen LogP contribution is -2.33. The molecule has 0 heterocycles. The maximum Gasteiger partial charge on any atom is 0.119 e. The van der Waals surface area contributed by atoms with Gasteiger partial charge in [0.1, 0.15) is 12.4 Å². The second kappa shape index (κ2) is 23.6. The first-order chi connectivity index (χ1) is 15.0. The molecule has 0 bridgehead atoms. The molecule has 2 rings (SSSR count). The number of methoxy groups -OCH3 is 3. The molecule has 0 aromatic heterocycles. The van der Waals surface area contributed by atoms with Crippen molar-refractivity contribution in [3.8, 4) is 5.75 Å². The predicted molar refractivity (Wildman–Crippen MR) is 134 cm³/mol. The van der Waals surface area contributed by atoms with E-state index in [0.29, 0.717) is 19.3 Å². The maximum atomic E-state index is 5.54. The molecule has 1 aromatic rings. The van der Waals surface area contributed by atoms with Gasteiger partial charge in [-0.3, -0.25) is 0 Å². The van der Waals surface area contributed by atoms with Crippen LogP contribution in [0.1, 0.15) is 73.6 Å². The molecule has 0 aliphatic heterocycles. The van der Waals surface area contributed by atoms with E-state index in [1.54, 1.807) is 14.2 Å². The normalized spacial score (nSPS) is 19.7. The molecule has 31 heavy (non-hydrogen) atoms. The molecule has 1 aliphatic carbocycles. The SMILES string of the molecule is CC.CCCCOC.COC1CC(C)CCC1C(C)C.COCCOc1ccccc1. The highest BCUT2D eigenvalue weighted by Crippen LogP contribution is 2.34. The molecule has 3 atom stereocenters. The van der Waals surface area contributed by atoms with Crippen molar-refractivity contribution < 1.29 is 18.9 Å². The molecule has 3 unspecified atom stereocenters. The largest absolute Gasteiger partial charge is 0.491 e. The number of hydrogen-bond donors (Lipinski definition) is 0. The van der Waals surface area contributed by atoms with E-state index in [2.05, 4.69) is 27.7 Å². The smallest absolute Gasteiger partial charge is 0.119 e. The minimum atomic E-state index is 0.522. The van der Waals surface area contributed by atoms with E-state index in [4.69, 9.17) is 18.9 Å². The molecule has 0 amide bonds. The van der Waals surface area contributed by atoms with Crippen LogP contribution in [0.2, 0.25) is 0 Å². The molecule has 1 aromatic carbocycles. The summed E-state index contributed by atoms with van der Waals surface area (Å²) < 4.78 is 20.5. The Hall–Kier alpha value is -1.10. The zero-order chi connectivity index (χ0) is 23.9. The van der Waals surface area contributed by atoms with E-state index in [1.165, 1.54) is 32.1 Å². The average molecular weight is 441 g/mol. The number of ether oxygens (including phenoxy) is 4. The Morgan fingerprint density at radius 1 is 0.903 bits per heavy atom. The highest BCUT2D eigenvalue weighted by Gasteiger charge is 2.30. The van der Waals surface area contributed by atoms with E-state index < -0.39 is 0 Å². The molecule has 184 valence electrons. The quantitative estimate of drug-likeness (QED) is 0.378. The summed E-state index contributed by atoms with van der Waals surface area (Å²) in [6.45, 7) is 15.3. The Morgan fingerprint density at radius 2 is 1.52 bits per heavy atom. The zero-order valence-electron chi connectivity index (χ0n) is 22.0. The molecule has 1 fully saturated rings. The van der Waals surface area contributed by atoms with Gasteiger partial charge in [-0.1, -0.05) is 72.6 Å². The Kier molecular flexibility index (Phi) is 24.4. The molecule has 0 saturated heterocycles. The number of rotatable bonds is 9. The van der Waals surface area contributed by atoms with Crippen LogP contribution in [0.4, 0.5) is 0 Å². The van der Waals surface area contributed by atoms with E-state index >= 15 is 0 Å². The van der Waals surface area contributed by atoms with Crippen molar-refractivity contribution in [2.45, 2.75) is 79.8 Å². The molecule has 1 saturated carbocycles. The van der Waals surface area contributed by atoms with E-state index in [9.17, 15) is 0 Å². The molecule has 0 N–H and O–H groups in total. The van der Waals surface area contributed by atoms with Crippen LogP contribution in [0.25, 0.3) is 0 Å². The van der Waals surface area contributed by atoms with Crippen LogP contribution in [-0.4, -0.2) is 47.3 Å². The summed E-state index contributed by atoms with van der Waals surface area (Å²) in [4.78, 5) is 0. The van der Waals surface area contributed by atoms with Gasteiger partial charge in [0.25, 0.3) is 0 Å². The molecular formula is C27H52O4. The summed E-state index contributed by atoms with van der Waals surface area (Å²) in [7, 11) is 5.25. The first-order valence-electron chi connectivity index (χ1n) is 12.2. The number of para-hydroxylation sites is 1. The molecular weight excluding hydrogens is 388 g/mol. The van der Waals surface area contributed by atoms with Gasteiger partial charge < -0.3 is 18.9 Å². The molecule has 0 spiro atoms. The van der Waals surface area contributed by atoms with Gasteiger partial charge in [-0.15, -0.1) is 0 Å². The fraction of sp³-hybridized carbons (Fsp3) is 0.778. The van der Waals surface area contributed by atoms with Crippen LogP contribution in [-0.2, 0) is 14.2 Å². The van der Waals surface area contributed by atoms with Crippen LogP contribution in [0.5, 0.6) is 5.75 Å². The minimum absolute atomic E-state index is 0.522. The third-order valence-corrected chi connectivity index (χ3v) is 5.27. The van der Waals surface area contributed by atoms with Crippen LogP contribution in [0, 0.1) is 17.8 Å². The Balaban J connectivity index is 0. The monoisotopic (exact) mass is 440 g/mol. The first kappa shape index (κ1) is 32.1. The van der Waals surface area contributed by atoms with Crippen molar-refractivity contribution in [2.24, 2.45) is 17.8 Å². The van der Waals surface area contributed by atoms with Gasteiger partial charge in [0.2, 0.25) is 0 Å². The average Bonchev–Trinajstić information content (AvgIpc) is 2.80. The Labute approximate surface area is 194 Å². The Bertz CT molecular complexity index is 446. The lowest BCUT2D eigenvalue weighted by molar-refractivity contribution is -0.00982. The lowest BCUT2D eigenvalue weighted by atomic mass is 9.75. The van der Waals surface area contributed by atoms with Crippen molar-refractivity contribution in [1.82, 2.24) is 0 Å². The second-order valence-electron chi connectivity index (χ2n) is 8.10. The van der Waals surface area contributed by atoms with Crippen LogP contribution >= 0.6 is 0 Å². The highest BCUT2D eigenvalue weighted by molar-refractivity contribution is 5.20. The van der Waals surface area contributed by atoms with E-state index in [0.717, 1.165) is 30.1 Å². The third-order valence-electron chi connectivity index (χ3n) is 5.27. The van der Waals surface area contributed by atoms with E-state index in [-0.39, 0.29) is 0 Å². The topological polar surface area (TPSA) is 36.9 Å². The predicted octanol–water partition coefficient (Wildman–Crippen LogP) is 7.26. The van der Waals surface area contributed by atoms with Crippen LogP contribution in [0.3, 0.4) is 0 Å². The van der Waals surface area contributed by atoms with Crippen molar-refractivity contribution in [1.29, 1.82) is 0 Å². The van der Waals surface area contributed by atoms with Gasteiger partial charge in [0.15, 0.2) is 0 Å². The van der Waals surface area contributed by atoms with Crippen molar-refractivity contribution in [3.63, 3.8) is 0 Å². The second-order valence-corrected chi connectivity index (χ2v) is 8.10. The van der Waals surface area contributed by atoms with Crippen LogP contribution < -0.4 is 4.74 Å². The zero-order valence-corrected chi connectivity index (χ0v) is 22.0. The molecule has 4 heteroatoms. The maximum absolute atomic E-state index is 5.54. The highest BCUT2D eigenvalue weighted by atomic mass is 16.5. The van der Waals surface area contributed by atoms with Gasteiger partial charge in [0.05, 0.1) is 12.7 Å². The minimum Gasteiger partial charge on any atom is -0.491 e. The summed E-state index contributed by atoms with van der Waals surface area (Å²) >= 11 is 0. The molecule has 0 radical (unpaired) electrons. The lowest BCUT2D eigenvalue weighted by Gasteiger charge is -2.36. The van der Waals surface area contributed by atoms with Crippen molar-refractivity contribution >= 4 is 0 Å². The fourth-order valence-corrected chi connectivity index (χ4v) is 3.43. The molecule has 1 aliphatic rings. The summed E-state index contributed by atoms with van der Waals surface area (Å²) in [5.41, 5.74) is 0. The van der Waals surface area contributed by atoms with Crippen molar-refractivity contribution in [3.05, 3.63) is 30.3 Å². The van der Waals surface area contributed by atoms with Gasteiger partial charge in [-0.2, -0.15) is 0 Å². The molecule has 4 nitrogen and oxygen atoms in total. The van der Waals surface area contributed by atoms with Gasteiger partial charge in [-0.25, -0.2) is 0 Å². The summed E-state index contributed by atoms with van der Waals surface area (Å²) in [6.07, 6.45) is 6.96.